The number of carbonyl (C=O) groups excluding carboxylic acids is 1. The Labute approximate surface area is 116 Å². The fourth-order valence-electron chi connectivity index (χ4n) is 1.90. The van der Waals surface area contributed by atoms with Gasteiger partial charge in [0.15, 0.2) is 9.84 Å². The van der Waals surface area contributed by atoms with Gasteiger partial charge >= 0.3 is 0 Å². The number of aliphatic hydroxyl groups is 1. The molecule has 1 heterocycles. The molecule has 0 saturated carbocycles. The van der Waals surface area contributed by atoms with Crippen molar-refractivity contribution >= 4 is 33.2 Å². The Morgan fingerprint density at radius 3 is 2.42 bits per heavy atom. The molecule has 0 unspecified atom stereocenters. The molecule has 1 aliphatic rings. The Bertz CT molecular complexity index is 568. The molecule has 0 radical (unpaired) electrons. The van der Waals surface area contributed by atoms with E-state index in [1.54, 1.807) is 24.3 Å². The van der Waals surface area contributed by atoms with E-state index in [-0.39, 0.29) is 22.7 Å². The molecule has 1 aromatic rings. The Morgan fingerprint density at radius 2 is 1.95 bits per heavy atom. The number of carbonyl (C=O) groups is 1. The third-order valence-corrected chi connectivity index (χ3v) is 5.99. The molecule has 104 valence electrons. The van der Waals surface area contributed by atoms with Gasteiger partial charge in [-0.25, -0.2) is 8.42 Å². The molecule has 2 N–H and O–H groups in total. The van der Waals surface area contributed by atoms with Crippen LogP contribution in [-0.4, -0.2) is 42.3 Å². The molecule has 0 bridgehead atoms. The molecule has 1 aromatic carbocycles. The van der Waals surface area contributed by atoms with Crippen LogP contribution in [0.5, 0.6) is 0 Å². The van der Waals surface area contributed by atoms with Crippen LogP contribution in [0.1, 0.15) is 6.92 Å². The van der Waals surface area contributed by atoms with Crippen LogP contribution in [0.3, 0.4) is 0 Å². The lowest BCUT2D eigenvalue weighted by Gasteiger charge is -2.12. The van der Waals surface area contributed by atoms with E-state index in [0.29, 0.717) is 5.69 Å². The van der Waals surface area contributed by atoms with E-state index in [2.05, 4.69) is 5.32 Å². The SMILES string of the molecule is CC(=O)Nc1ccc(S[C@H]2CS(=O)(=O)C[C@@H]2O)cc1. The Hall–Kier alpha value is -1.05. The molecule has 1 amide bonds. The molecule has 19 heavy (non-hydrogen) atoms. The summed E-state index contributed by atoms with van der Waals surface area (Å²) in [6.45, 7) is 1.43. The standard InChI is InChI=1S/C12H15NO4S2/c1-8(14)13-9-2-4-10(5-3-9)18-12-7-19(16,17)6-11(12)15/h2-5,11-12,15H,6-7H2,1H3,(H,13,14)/t11-,12-/m0/s1. The lowest BCUT2D eigenvalue weighted by Crippen LogP contribution is -2.19. The minimum absolute atomic E-state index is 0.00623. The lowest BCUT2D eigenvalue weighted by molar-refractivity contribution is -0.114. The fourth-order valence-corrected chi connectivity index (χ4v) is 5.43. The van der Waals surface area contributed by atoms with Crippen molar-refractivity contribution in [3.8, 4) is 0 Å². The predicted octanol–water partition coefficient (Wildman–Crippen LogP) is 0.895. The average Bonchev–Trinajstić information content (AvgIpc) is 2.54. The van der Waals surface area contributed by atoms with Gasteiger partial charge in [-0.05, 0) is 24.3 Å². The predicted molar refractivity (Wildman–Crippen MR) is 75.1 cm³/mol. The van der Waals surface area contributed by atoms with Crippen molar-refractivity contribution < 1.29 is 18.3 Å². The van der Waals surface area contributed by atoms with E-state index >= 15 is 0 Å². The highest BCUT2D eigenvalue weighted by molar-refractivity contribution is 8.02. The summed E-state index contributed by atoms with van der Waals surface area (Å²) in [6.07, 6.45) is -0.815. The van der Waals surface area contributed by atoms with E-state index in [1.807, 2.05) is 0 Å². The normalized spacial score (nSPS) is 25.2. The average molecular weight is 301 g/mol. The number of hydrogen-bond donors (Lipinski definition) is 2. The topological polar surface area (TPSA) is 83.5 Å². The van der Waals surface area contributed by atoms with Crippen molar-refractivity contribution in [3.63, 3.8) is 0 Å². The first-order valence-corrected chi connectivity index (χ1v) is 8.49. The molecule has 5 nitrogen and oxygen atoms in total. The smallest absolute Gasteiger partial charge is 0.221 e. The van der Waals surface area contributed by atoms with Crippen molar-refractivity contribution in [2.45, 2.75) is 23.2 Å². The summed E-state index contributed by atoms with van der Waals surface area (Å²) in [4.78, 5) is 11.7. The molecule has 7 heteroatoms. The monoisotopic (exact) mass is 301 g/mol. The van der Waals surface area contributed by atoms with Gasteiger partial charge in [0.1, 0.15) is 0 Å². The Kier molecular flexibility index (Phi) is 4.17. The number of anilines is 1. The number of sulfone groups is 1. The minimum Gasteiger partial charge on any atom is -0.391 e. The second-order valence-corrected chi connectivity index (χ2v) is 7.97. The molecule has 0 spiro atoms. The highest BCUT2D eigenvalue weighted by Crippen LogP contribution is 2.31. The van der Waals surface area contributed by atoms with E-state index in [1.165, 1.54) is 18.7 Å². The maximum Gasteiger partial charge on any atom is 0.221 e. The largest absolute Gasteiger partial charge is 0.391 e. The van der Waals surface area contributed by atoms with Crippen molar-refractivity contribution in [1.82, 2.24) is 0 Å². The summed E-state index contributed by atoms with van der Waals surface area (Å²) in [5.74, 6) is -0.293. The number of aliphatic hydroxyl groups excluding tert-OH is 1. The fraction of sp³-hybridized carbons (Fsp3) is 0.417. The van der Waals surface area contributed by atoms with E-state index in [4.69, 9.17) is 0 Å². The summed E-state index contributed by atoms with van der Waals surface area (Å²) in [6, 6.07) is 7.10. The van der Waals surface area contributed by atoms with E-state index < -0.39 is 15.9 Å². The summed E-state index contributed by atoms with van der Waals surface area (Å²) < 4.78 is 22.8. The molecule has 2 atom stereocenters. The molecule has 0 aromatic heterocycles. The van der Waals surface area contributed by atoms with Gasteiger partial charge in [0, 0.05) is 17.5 Å². The molecule has 1 aliphatic heterocycles. The zero-order chi connectivity index (χ0) is 14.0. The second-order valence-electron chi connectivity index (χ2n) is 4.51. The van der Waals surface area contributed by atoms with Gasteiger partial charge in [-0.2, -0.15) is 0 Å². The highest BCUT2D eigenvalue weighted by atomic mass is 32.2. The third kappa shape index (κ3) is 3.95. The summed E-state index contributed by atoms with van der Waals surface area (Å²) in [7, 11) is -3.12. The van der Waals surface area contributed by atoms with Crippen LogP contribution in [-0.2, 0) is 14.6 Å². The summed E-state index contributed by atoms with van der Waals surface area (Å²) in [5.41, 5.74) is 0.691. The van der Waals surface area contributed by atoms with E-state index in [9.17, 15) is 18.3 Å². The van der Waals surface area contributed by atoms with Gasteiger partial charge < -0.3 is 10.4 Å². The molecule has 2 rings (SSSR count). The number of rotatable bonds is 3. The Morgan fingerprint density at radius 1 is 1.32 bits per heavy atom. The molecule has 1 fully saturated rings. The van der Waals surface area contributed by atoms with Gasteiger partial charge in [0.05, 0.1) is 22.9 Å². The van der Waals surface area contributed by atoms with Crippen molar-refractivity contribution in [2.75, 3.05) is 16.8 Å². The van der Waals surface area contributed by atoms with Gasteiger partial charge in [0.2, 0.25) is 5.91 Å². The molecule has 0 aliphatic carbocycles. The number of amides is 1. The van der Waals surface area contributed by atoms with Crippen LogP contribution < -0.4 is 5.32 Å². The van der Waals surface area contributed by atoms with Crippen molar-refractivity contribution in [3.05, 3.63) is 24.3 Å². The first-order valence-electron chi connectivity index (χ1n) is 5.78. The maximum atomic E-state index is 11.4. The van der Waals surface area contributed by atoms with Crippen molar-refractivity contribution in [2.24, 2.45) is 0 Å². The quantitative estimate of drug-likeness (QED) is 0.866. The number of thioether (sulfide) groups is 1. The summed E-state index contributed by atoms with van der Waals surface area (Å²) in [5, 5.41) is 12.0. The van der Waals surface area contributed by atoms with Crippen LogP contribution in [0, 0.1) is 0 Å². The van der Waals surface area contributed by atoms with Crippen LogP contribution in [0.15, 0.2) is 29.2 Å². The van der Waals surface area contributed by atoms with Gasteiger partial charge in [0.25, 0.3) is 0 Å². The highest BCUT2D eigenvalue weighted by Gasteiger charge is 2.36. The van der Waals surface area contributed by atoms with Crippen LogP contribution in [0.25, 0.3) is 0 Å². The van der Waals surface area contributed by atoms with Crippen LogP contribution >= 0.6 is 11.8 Å². The zero-order valence-corrected chi connectivity index (χ0v) is 12.0. The zero-order valence-electron chi connectivity index (χ0n) is 10.4. The first-order chi connectivity index (χ1) is 8.85. The maximum absolute atomic E-state index is 11.4. The first kappa shape index (κ1) is 14.4. The van der Waals surface area contributed by atoms with Gasteiger partial charge in [-0.1, -0.05) is 0 Å². The van der Waals surface area contributed by atoms with Gasteiger partial charge in [-0.3, -0.25) is 4.79 Å². The summed E-state index contributed by atoms with van der Waals surface area (Å²) >= 11 is 1.35. The number of benzene rings is 1. The van der Waals surface area contributed by atoms with Gasteiger partial charge in [-0.15, -0.1) is 11.8 Å². The molecular formula is C12H15NO4S2. The van der Waals surface area contributed by atoms with Crippen LogP contribution in [0.4, 0.5) is 5.69 Å². The number of nitrogens with one attached hydrogen (secondary N) is 1. The third-order valence-electron chi connectivity index (χ3n) is 2.73. The molecule has 1 saturated heterocycles. The lowest BCUT2D eigenvalue weighted by atomic mass is 10.3. The molecular weight excluding hydrogens is 286 g/mol. The van der Waals surface area contributed by atoms with Crippen LogP contribution in [0.2, 0.25) is 0 Å². The minimum atomic E-state index is -3.12. The number of hydrogen-bond acceptors (Lipinski definition) is 5. The van der Waals surface area contributed by atoms with E-state index in [0.717, 1.165) is 4.90 Å². The van der Waals surface area contributed by atoms with Crippen molar-refractivity contribution in [1.29, 1.82) is 0 Å². The Balaban J connectivity index is 2.02. The second kappa shape index (κ2) is 5.52.